The highest BCUT2D eigenvalue weighted by atomic mass is 16.5. The standard InChI is InChI=1S/C19H27N5O5/c20-8-5-15(23-18(27)13-3-1-12(2-4-13)17(21)22)19(28)24-9-6-14(7-10-24)29-11-16(25)26/h1-4,14-15H,5-11,20H2,(H3,21,22)(H,23,27)(H,25,26)/t15-/m0/s1. The third-order valence-corrected chi connectivity index (χ3v) is 4.71. The van der Waals surface area contributed by atoms with E-state index < -0.39 is 17.9 Å². The predicted octanol–water partition coefficient (Wildman–Crippen LogP) is -0.490. The first-order chi connectivity index (χ1) is 13.8. The Hall–Kier alpha value is -2.98. The number of hydrogen-bond donors (Lipinski definition) is 5. The van der Waals surface area contributed by atoms with Gasteiger partial charge in [-0.3, -0.25) is 15.0 Å². The van der Waals surface area contributed by atoms with Crippen molar-refractivity contribution in [2.24, 2.45) is 11.5 Å². The van der Waals surface area contributed by atoms with Crippen molar-refractivity contribution in [1.29, 1.82) is 5.41 Å². The zero-order valence-corrected chi connectivity index (χ0v) is 16.1. The lowest BCUT2D eigenvalue weighted by molar-refractivity contribution is -0.147. The summed E-state index contributed by atoms with van der Waals surface area (Å²) in [4.78, 5) is 37.6. The Morgan fingerprint density at radius 2 is 1.79 bits per heavy atom. The summed E-state index contributed by atoms with van der Waals surface area (Å²) < 4.78 is 5.28. The first-order valence-corrected chi connectivity index (χ1v) is 9.39. The number of nitrogens with one attached hydrogen (secondary N) is 2. The number of nitrogens with two attached hydrogens (primary N) is 2. The van der Waals surface area contributed by atoms with Crippen LogP contribution in [0.2, 0.25) is 0 Å². The van der Waals surface area contributed by atoms with Crippen molar-refractivity contribution < 1.29 is 24.2 Å². The SMILES string of the molecule is N=C(N)c1ccc(C(=O)N[C@@H](CCN)C(=O)N2CCC(OCC(=O)O)CC2)cc1. The summed E-state index contributed by atoms with van der Waals surface area (Å²) in [7, 11) is 0. The highest BCUT2D eigenvalue weighted by Gasteiger charge is 2.29. The van der Waals surface area contributed by atoms with Crippen molar-refractivity contribution in [3.05, 3.63) is 35.4 Å². The van der Waals surface area contributed by atoms with Crippen LogP contribution < -0.4 is 16.8 Å². The summed E-state index contributed by atoms with van der Waals surface area (Å²) in [6.45, 7) is 0.728. The first kappa shape index (κ1) is 22.3. The number of hydrogen-bond acceptors (Lipinski definition) is 6. The van der Waals surface area contributed by atoms with E-state index in [1.165, 1.54) is 0 Å². The monoisotopic (exact) mass is 405 g/mol. The van der Waals surface area contributed by atoms with Gasteiger partial charge in [0.1, 0.15) is 18.5 Å². The zero-order valence-electron chi connectivity index (χ0n) is 16.1. The Labute approximate surface area is 168 Å². The van der Waals surface area contributed by atoms with Crippen LogP contribution in [-0.2, 0) is 14.3 Å². The Balaban J connectivity index is 1.94. The minimum Gasteiger partial charge on any atom is -0.480 e. The van der Waals surface area contributed by atoms with Crippen molar-refractivity contribution in [3.8, 4) is 0 Å². The Kier molecular flexibility index (Phi) is 8.10. The number of nitrogens with zero attached hydrogens (tertiary/aromatic N) is 1. The molecule has 1 fully saturated rings. The molecule has 0 aromatic heterocycles. The molecule has 1 aliphatic rings. The molecule has 0 aliphatic carbocycles. The van der Waals surface area contributed by atoms with Gasteiger partial charge in [-0.05, 0) is 37.9 Å². The van der Waals surface area contributed by atoms with Crippen molar-refractivity contribution in [2.45, 2.75) is 31.4 Å². The number of carboxylic acid groups (broad SMARTS) is 1. The van der Waals surface area contributed by atoms with Crippen LogP contribution in [0.1, 0.15) is 35.2 Å². The van der Waals surface area contributed by atoms with Crippen molar-refractivity contribution >= 4 is 23.6 Å². The number of carbonyl (C=O) groups is 3. The highest BCUT2D eigenvalue weighted by molar-refractivity contribution is 5.99. The molecule has 1 saturated heterocycles. The topological polar surface area (TPSA) is 172 Å². The van der Waals surface area contributed by atoms with Gasteiger partial charge < -0.3 is 31.5 Å². The van der Waals surface area contributed by atoms with E-state index >= 15 is 0 Å². The molecular weight excluding hydrogens is 378 g/mol. The van der Waals surface area contributed by atoms with E-state index in [4.69, 9.17) is 26.7 Å². The van der Waals surface area contributed by atoms with Crippen LogP contribution in [0.5, 0.6) is 0 Å². The van der Waals surface area contributed by atoms with E-state index in [0.29, 0.717) is 43.5 Å². The molecule has 0 unspecified atom stereocenters. The van der Waals surface area contributed by atoms with Crippen LogP contribution in [0.3, 0.4) is 0 Å². The number of amides is 2. The van der Waals surface area contributed by atoms with Gasteiger partial charge in [0, 0.05) is 24.2 Å². The van der Waals surface area contributed by atoms with E-state index in [0.717, 1.165) is 0 Å². The molecule has 1 aromatic carbocycles. The molecule has 0 saturated carbocycles. The smallest absolute Gasteiger partial charge is 0.329 e. The van der Waals surface area contributed by atoms with Crippen LogP contribution >= 0.6 is 0 Å². The molecule has 0 bridgehead atoms. The van der Waals surface area contributed by atoms with Crippen LogP contribution in [0.15, 0.2) is 24.3 Å². The van der Waals surface area contributed by atoms with Gasteiger partial charge in [-0.25, -0.2) is 4.79 Å². The number of carboxylic acids is 1. The number of aliphatic carboxylic acids is 1. The second-order valence-electron chi connectivity index (χ2n) is 6.82. The van der Waals surface area contributed by atoms with Gasteiger partial charge in [0.15, 0.2) is 0 Å². The molecule has 1 aromatic rings. The average molecular weight is 405 g/mol. The van der Waals surface area contributed by atoms with Gasteiger partial charge in [-0.2, -0.15) is 0 Å². The van der Waals surface area contributed by atoms with Gasteiger partial charge in [-0.15, -0.1) is 0 Å². The average Bonchev–Trinajstić information content (AvgIpc) is 2.71. The molecule has 2 rings (SSSR count). The van der Waals surface area contributed by atoms with Gasteiger partial charge in [0.2, 0.25) is 5.91 Å². The molecule has 10 nitrogen and oxygen atoms in total. The van der Waals surface area contributed by atoms with Crippen LogP contribution in [0, 0.1) is 5.41 Å². The number of carbonyl (C=O) groups excluding carboxylic acids is 2. The van der Waals surface area contributed by atoms with Crippen LogP contribution in [0.25, 0.3) is 0 Å². The van der Waals surface area contributed by atoms with E-state index in [1.807, 2.05) is 0 Å². The summed E-state index contributed by atoms with van der Waals surface area (Å²) >= 11 is 0. The second-order valence-corrected chi connectivity index (χ2v) is 6.82. The normalized spacial score (nSPS) is 15.6. The molecule has 1 heterocycles. The van der Waals surface area contributed by atoms with E-state index in [1.54, 1.807) is 29.2 Å². The number of benzene rings is 1. The van der Waals surface area contributed by atoms with Crippen LogP contribution in [0.4, 0.5) is 0 Å². The number of ether oxygens (including phenoxy) is 1. The van der Waals surface area contributed by atoms with Gasteiger partial charge in [0.05, 0.1) is 6.10 Å². The second kappa shape index (κ2) is 10.5. The number of piperidine rings is 1. The third-order valence-electron chi connectivity index (χ3n) is 4.71. The summed E-state index contributed by atoms with van der Waals surface area (Å²) in [6, 6.07) is 5.47. The highest BCUT2D eigenvalue weighted by Crippen LogP contribution is 2.15. The number of amidine groups is 1. The molecule has 10 heteroatoms. The number of nitrogen functional groups attached to an aromatic ring is 1. The fraction of sp³-hybridized carbons (Fsp3) is 0.474. The summed E-state index contributed by atoms with van der Waals surface area (Å²) in [5, 5.41) is 18.8. The number of rotatable bonds is 9. The van der Waals surface area contributed by atoms with Crippen molar-refractivity contribution in [3.63, 3.8) is 0 Å². The molecule has 1 aliphatic heterocycles. The minimum absolute atomic E-state index is 0.0936. The Bertz CT molecular complexity index is 744. The zero-order chi connectivity index (χ0) is 21.4. The molecule has 158 valence electrons. The van der Waals surface area contributed by atoms with Crippen molar-refractivity contribution in [1.82, 2.24) is 10.2 Å². The lowest BCUT2D eigenvalue weighted by atomic mass is 10.0. The quantitative estimate of drug-likeness (QED) is 0.272. The first-order valence-electron chi connectivity index (χ1n) is 9.39. The fourth-order valence-corrected chi connectivity index (χ4v) is 3.12. The summed E-state index contributed by atoms with van der Waals surface area (Å²) in [6.07, 6.45) is 1.17. The van der Waals surface area contributed by atoms with E-state index in [-0.39, 0.29) is 31.0 Å². The minimum atomic E-state index is -1.02. The lowest BCUT2D eigenvalue weighted by Crippen LogP contribution is -2.52. The largest absolute Gasteiger partial charge is 0.480 e. The molecular formula is C19H27N5O5. The fourth-order valence-electron chi connectivity index (χ4n) is 3.12. The molecule has 2 amide bonds. The maximum atomic E-state index is 12.8. The summed E-state index contributed by atoms with van der Waals surface area (Å²) in [5.41, 5.74) is 11.9. The van der Waals surface area contributed by atoms with Crippen LogP contribution in [-0.4, -0.2) is 72.0 Å². The molecule has 0 spiro atoms. The van der Waals surface area contributed by atoms with Crippen molar-refractivity contribution in [2.75, 3.05) is 26.2 Å². The van der Waals surface area contributed by atoms with Gasteiger partial charge >= 0.3 is 5.97 Å². The van der Waals surface area contributed by atoms with E-state index in [9.17, 15) is 14.4 Å². The summed E-state index contributed by atoms with van der Waals surface area (Å²) in [5.74, 6) is -1.75. The maximum Gasteiger partial charge on any atom is 0.329 e. The predicted molar refractivity (Wildman–Crippen MR) is 106 cm³/mol. The molecule has 1 atom stereocenters. The van der Waals surface area contributed by atoms with E-state index in [2.05, 4.69) is 5.32 Å². The number of likely N-dealkylation sites (tertiary alicyclic amines) is 1. The third kappa shape index (κ3) is 6.54. The molecule has 29 heavy (non-hydrogen) atoms. The lowest BCUT2D eigenvalue weighted by Gasteiger charge is -2.34. The Morgan fingerprint density at radius 3 is 2.31 bits per heavy atom. The Morgan fingerprint density at radius 1 is 1.21 bits per heavy atom. The maximum absolute atomic E-state index is 12.8. The van der Waals surface area contributed by atoms with Gasteiger partial charge in [-0.1, -0.05) is 12.1 Å². The molecule has 7 N–H and O–H groups in total. The van der Waals surface area contributed by atoms with Gasteiger partial charge in [0.25, 0.3) is 5.91 Å². The molecule has 0 radical (unpaired) electrons.